The second-order valence-electron chi connectivity index (χ2n) is 11.1. The summed E-state index contributed by atoms with van der Waals surface area (Å²) in [6.07, 6.45) is 6.58. The van der Waals surface area contributed by atoms with Crippen molar-refractivity contribution in [3.05, 3.63) is 35.4 Å². The van der Waals surface area contributed by atoms with Crippen molar-refractivity contribution in [3.8, 4) is 0 Å². The molecule has 1 heterocycles. The van der Waals surface area contributed by atoms with E-state index in [1.165, 1.54) is 43.1 Å². The summed E-state index contributed by atoms with van der Waals surface area (Å²) >= 11 is 0. The van der Waals surface area contributed by atoms with Gasteiger partial charge in [0.2, 0.25) is 5.91 Å². The molecule has 3 atom stereocenters. The molecule has 1 amide bonds. The number of amides is 1. The van der Waals surface area contributed by atoms with Crippen LogP contribution in [0.2, 0.25) is 0 Å². The lowest BCUT2D eigenvalue weighted by Crippen LogP contribution is -2.87. The van der Waals surface area contributed by atoms with Gasteiger partial charge in [-0.15, -0.1) is 0 Å². The average Bonchev–Trinajstić information content (AvgIpc) is 2.70. The first-order valence-corrected chi connectivity index (χ1v) is 12.3. The van der Waals surface area contributed by atoms with Gasteiger partial charge in [0.15, 0.2) is 0 Å². The monoisotopic (exact) mass is 421 g/mol. The molecule has 1 aromatic carbocycles. The topological polar surface area (TPSA) is 52.6 Å². The Hall–Kier alpha value is -1.72. The van der Waals surface area contributed by atoms with Gasteiger partial charge in [0, 0.05) is 45.2 Å². The van der Waals surface area contributed by atoms with Crippen LogP contribution in [0.3, 0.4) is 0 Å². The number of aldehydes is 1. The maximum Gasteiger partial charge on any atom is 0.236 e. The van der Waals surface area contributed by atoms with Gasteiger partial charge in [-0.05, 0) is 66.8 Å². The average molecular weight is 422 g/mol. The van der Waals surface area contributed by atoms with E-state index in [1.807, 2.05) is 4.90 Å². The molecule has 6 rings (SSSR count). The highest BCUT2D eigenvalue weighted by Gasteiger charge is 2.88. The van der Waals surface area contributed by atoms with E-state index in [2.05, 4.69) is 41.4 Å². The van der Waals surface area contributed by atoms with E-state index in [9.17, 15) is 9.59 Å². The summed E-state index contributed by atoms with van der Waals surface area (Å²) in [6, 6.07) is 8.67. The quantitative estimate of drug-likeness (QED) is 0.656. The van der Waals surface area contributed by atoms with Gasteiger partial charge in [-0.1, -0.05) is 29.8 Å². The largest absolute Gasteiger partial charge is 0.339 e. The van der Waals surface area contributed by atoms with Crippen molar-refractivity contribution in [1.82, 2.24) is 15.1 Å². The molecule has 1 aliphatic heterocycles. The van der Waals surface area contributed by atoms with Crippen LogP contribution in [0.25, 0.3) is 0 Å². The minimum atomic E-state index is 0.0991. The van der Waals surface area contributed by atoms with Crippen molar-refractivity contribution in [2.45, 2.75) is 39.2 Å². The minimum Gasteiger partial charge on any atom is -0.339 e. The molecule has 1 aromatic rings. The first kappa shape index (κ1) is 19.9. The summed E-state index contributed by atoms with van der Waals surface area (Å²) < 4.78 is 0. The molecule has 5 aliphatic rings. The lowest BCUT2D eigenvalue weighted by atomic mass is 9.12. The van der Waals surface area contributed by atoms with Crippen molar-refractivity contribution in [2.24, 2.45) is 34.5 Å². The fraction of sp³-hybridized carbons (Fsp3) is 0.692. The van der Waals surface area contributed by atoms with E-state index in [4.69, 9.17) is 0 Å². The Labute approximate surface area is 185 Å². The normalized spacial score (nSPS) is 38.5. The van der Waals surface area contributed by atoms with E-state index < -0.39 is 0 Å². The molecule has 0 aromatic heterocycles. The highest BCUT2D eigenvalue weighted by atomic mass is 16.2. The minimum absolute atomic E-state index is 0.0991. The molecule has 3 unspecified atom stereocenters. The summed E-state index contributed by atoms with van der Waals surface area (Å²) in [6.45, 7) is 7.56. The van der Waals surface area contributed by atoms with Crippen LogP contribution in [0.5, 0.6) is 0 Å². The smallest absolute Gasteiger partial charge is 0.236 e. The van der Waals surface area contributed by atoms with Crippen molar-refractivity contribution in [3.63, 3.8) is 0 Å². The zero-order valence-corrected chi connectivity index (χ0v) is 18.7. The lowest BCUT2D eigenvalue weighted by Gasteiger charge is -2.92. The highest BCUT2D eigenvalue weighted by Crippen LogP contribution is 2.94. The van der Waals surface area contributed by atoms with E-state index >= 15 is 0 Å². The SMILES string of the molecule is Cc1cccc(CN2CCN(C(=O)CNCC(C=O)C34CC5CC6CC(C3)C654)CC2)c1. The molecule has 1 spiro atoms. The number of nitrogens with one attached hydrogen (secondary N) is 1. The molecular formula is C26H35N3O2. The van der Waals surface area contributed by atoms with Gasteiger partial charge >= 0.3 is 0 Å². The molecule has 4 aliphatic carbocycles. The van der Waals surface area contributed by atoms with Gasteiger partial charge in [0.1, 0.15) is 6.29 Å². The van der Waals surface area contributed by atoms with Gasteiger partial charge in [0.05, 0.1) is 6.54 Å². The summed E-state index contributed by atoms with van der Waals surface area (Å²) in [7, 11) is 0. The standard InChI is InChI=1S/C26H35N3O2/c1-18-3-2-4-19(9-18)16-28-5-7-29(8-6-28)24(31)15-27-14-23(17-30)25-12-21-10-20-11-22(13-25)26(20,21)25/h2-4,9,17,20-23,27H,5-8,10-16H2,1H3. The predicted molar refractivity (Wildman–Crippen MR) is 119 cm³/mol. The molecule has 31 heavy (non-hydrogen) atoms. The van der Waals surface area contributed by atoms with E-state index in [1.54, 1.807) is 0 Å². The number of hydrogen-bond donors (Lipinski definition) is 1. The zero-order chi connectivity index (χ0) is 21.2. The molecule has 5 heteroatoms. The van der Waals surface area contributed by atoms with Crippen LogP contribution in [0.4, 0.5) is 0 Å². The van der Waals surface area contributed by atoms with Crippen LogP contribution < -0.4 is 5.32 Å². The van der Waals surface area contributed by atoms with Crippen LogP contribution in [0, 0.1) is 41.4 Å². The maximum absolute atomic E-state index is 12.7. The second kappa shape index (κ2) is 7.14. The molecule has 5 nitrogen and oxygen atoms in total. The third kappa shape index (κ3) is 2.69. The first-order chi connectivity index (χ1) is 15.1. The second-order valence-corrected chi connectivity index (χ2v) is 11.1. The number of carbonyl (C=O) groups is 2. The number of aryl methyl sites for hydroxylation is 1. The Morgan fingerprint density at radius 3 is 2.52 bits per heavy atom. The molecule has 1 saturated heterocycles. The molecule has 4 saturated carbocycles. The van der Waals surface area contributed by atoms with Crippen molar-refractivity contribution in [2.75, 3.05) is 39.3 Å². The molecule has 5 fully saturated rings. The molecular weight excluding hydrogens is 386 g/mol. The van der Waals surface area contributed by atoms with Gasteiger partial charge in [-0.3, -0.25) is 9.69 Å². The Bertz CT molecular complexity index is 865. The van der Waals surface area contributed by atoms with Gasteiger partial charge < -0.3 is 15.0 Å². The Balaban J connectivity index is 0.957. The van der Waals surface area contributed by atoms with E-state index in [0.717, 1.165) is 50.5 Å². The molecule has 0 bridgehead atoms. The maximum atomic E-state index is 12.7. The molecule has 166 valence electrons. The number of benzene rings is 1. The van der Waals surface area contributed by atoms with Crippen LogP contribution in [-0.2, 0) is 16.1 Å². The summed E-state index contributed by atoms with van der Waals surface area (Å²) in [5, 5.41) is 3.37. The number of nitrogens with zero attached hydrogens (tertiary/aromatic N) is 2. The van der Waals surface area contributed by atoms with Crippen LogP contribution in [0.1, 0.15) is 36.8 Å². The van der Waals surface area contributed by atoms with Crippen molar-refractivity contribution >= 4 is 12.2 Å². The van der Waals surface area contributed by atoms with Gasteiger partial charge in [0.25, 0.3) is 0 Å². The van der Waals surface area contributed by atoms with E-state index in [-0.39, 0.29) is 11.8 Å². The lowest BCUT2D eigenvalue weighted by molar-refractivity contribution is -0.441. The zero-order valence-electron chi connectivity index (χ0n) is 18.7. The number of piperazine rings is 1. The third-order valence-corrected chi connectivity index (χ3v) is 9.98. The van der Waals surface area contributed by atoms with E-state index in [0.29, 0.717) is 23.9 Å². The fourth-order valence-electron chi connectivity index (χ4n) is 8.69. The molecule has 1 N–H and O–H groups in total. The Kier molecular flexibility index (Phi) is 4.59. The number of hydrogen-bond acceptors (Lipinski definition) is 4. The number of carbonyl (C=O) groups excluding carboxylic acids is 2. The van der Waals surface area contributed by atoms with Gasteiger partial charge in [-0.25, -0.2) is 0 Å². The van der Waals surface area contributed by atoms with Gasteiger partial charge in [-0.2, -0.15) is 0 Å². The first-order valence-electron chi connectivity index (χ1n) is 12.3. The van der Waals surface area contributed by atoms with Crippen LogP contribution in [0.15, 0.2) is 24.3 Å². The van der Waals surface area contributed by atoms with Crippen molar-refractivity contribution in [1.29, 1.82) is 0 Å². The Morgan fingerprint density at radius 1 is 1.16 bits per heavy atom. The van der Waals surface area contributed by atoms with Crippen LogP contribution >= 0.6 is 0 Å². The summed E-state index contributed by atoms with van der Waals surface area (Å²) in [5.41, 5.74) is 3.50. The van der Waals surface area contributed by atoms with Crippen molar-refractivity contribution < 1.29 is 9.59 Å². The molecule has 0 radical (unpaired) electrons. The number of rotatable bonds is 8. The predicted octanol–water partition coefficient (Wildman–Crippen LogP) is 2.48. The fourth-order valence-corrected chi connectivity index (χ4v) is 8.69. The summed E-state index contributed by atoms with van der Waals surface area (Å²) in [4.78, 5) is 29.1. The Morgan fingerprint density at radius 2 is 1.90 bits per heavy atom. The summed E-state index contributed by atoms with van der Waals surface area (Å²) in [5.74, 6) is 3.04. The van der Waals surface area contributed by atoms with Crippen LogP contribution in [-0.4, -0.2) is 61.3 Å². The highest BCUT2D eigenvalue weighted by molar-refractivity contribution is 5.78. The third-order valence-electron chi connectivity index (χ3n) is 9.98.